The molecule has 0 unspecified atom stereocenters. The molecule has 0 atom stereocenters. The van der Waals surface area contributed by atoms with Gasteiger partial charge < -0.3 is 4.42 Å². The molecule has 2 radical (unpaired) electrons. The van der Waals surface area contributed by atoms with E-state index in [0.29, 0.717) is 10.8 Å². The van der Waals surface area contributed by atoms with Crippen molar-refractivity contribution in [2.24, 2.45) is 0 Å². The van der Waals surface area contributed by atoms with Gasteiger partial charge in [0.15, 0.2) is 0 Å². The SMILES string of the molecule is [CH]c1ccc(-c2ccc(Cl)cc2)o1. The van der Waals surface area contributed by atoms with Crippen LogP contribution in [0.25, 0.3) is 11.3 Å². The molecule has 1 nitrogen and oxygen atoms in total. The van der Waals surface area contributed by atoms with Gasteiger partial charge in [-0.15, -0.1) is 0 Å². The highest BCUT2D eigenvalue weighted by molar-refractivity contribution is 6.30. The van der Waals surface area contributed by atoms with Gasteiger partial charge in [-0.25, -0.2) is 0 Å². The van der Waals surface area contributed by atoms with Crippen molar-refractivity contribution in [1.29, 1.82) is 0 Å². The monoisotopic (exact) mass is 190 g/mol. The van der Waals surface area contributed by atoms with Gasteiger partial charge in [-0.1, -0.05) is 11.6 Å². The Morgan fingerprint density at radius 3 is 2.23 bits per heavy atom. The summed E-state index contributed by atoms with van der Waals surface area (Å²) in [4.78, 5) is 0. The molecule has 13 heavy (non-hydrogen) atoms. The molecule has 0 amide bonds. The lowest BCUT2D eigenvalue weighted by Gasteiger charge is -1.95. The van der Waals surface area contributed by atoms with E-state index in [1.54, 1.807) is 6.07 Å². The average Bonchev–Trinajstić information content (AvgIpc) is 2.53. The molecular weight excluding hydrogens is 184 g/mol. The van der Waals surface area contributed by atoms with Crippen LogP contribution in [0.3, 0.4) is 0 Å². The first kappa shape index (κ1) is 8.39. The highest BCUT2D eigenvalue weighted by Crippen LogP contribution is 2.23. The lowest BCUT2D eigenvalue weighted by molar-refractivity contribution is 0.563. The lowest BCUT2D eigenvalue weighted by Crippen LogP contribution is -1.71. The van der Waals surface area contributed by atoms with Crippen LogP contribution in [0.1, 0.15) is 5.76 Å². The van der Waals surface area contributed by atoms with Crippen molar-refractivity contribution >= 4 is 11.6 Å². The van der Waals surface area contributed by atoms with Crippen LogP contribution in [0, 0.1) is 6.92 Å². The maximum atomic E-state index is 5.75. The van der Waals surface area contributed by atoms with Gasteiger partial charge in [0.2, 0.25) is 0 Å². The van der Waals surface area contributed by atoms with Gasteiger partial charge in [-0.05, 0) is 36.4 Å². The van der Waals surface area contributed by atoms with Gasteiger partial charge in [0.25, 0.3) is 0 Å². The molecule has 0 aliphatic carbocycles. The van der Waals surface area contributed by atoms with Crippen LogP contribution in [0.4, 0.5) is 0 Å². The van der Waals surface area contributed by atoms with Gasteiger partial charge in [0.05, 0.1) is 0 Å². The van der Waals surface area contributed by atoms with E-state index in [-0.39, 0.29) is 0 Å². The minimum absolute atomic E-state index is 0.421. The first-order valence-electron chi connectivity index (χ1n) is 3.87. The summed E-state index contributed by atoms with van der Waals surface area (Å²) < 4.78 is 5.24. The van der Waals surface area contributed by atoms with E-state index in [1.165, 1.54) is 0 Å². The third-order valence-electron chi connectivity index (χ3n) is 1.76. The Labute approximate surface area is 82.0 Å². The second-order valence-corrected chi connectivity index (χ2v) is 3.15. The van der Waals surface area contributed by atoms with E-state index in [1.807, 2.05) is 30.3 Å². The van der Waals surface area contributed by atoms with E-state index < -0.39 is 0 Å². The summed E-state index contributed by atoms with van der Waals surface area (Å²) in [5.41, 5.74) is 0.973. The van der Waals surface area contributed by atoms with Gasteiger partial charge in [-0.3, -0.25) is 0 Å². The molecule has 64 valence electrons. The van der Waals surface area contributed by atoms with Gasteiger partial charge in [0.1, 0.15) is 11.5 Å². The van der Waals surface area contributed by atoms with Crippen LogP contribution in [-0.2, 0) is 0 Å². The molecule has 2 aromatic rings. The maximum Gasteiger partial charge on any atom is 0.134 e. The van der Waals surface area contributed by atoms with Gasteiger partial charge in [0, 0.05) is 17.5 Å². The molecule has 0 saturated heterocycles. The van der Waals surface area contributed by atoms with E-state index in [2.05, 4.69) is 0 Å². The molecular formula is C11H7ClO. The highest BCUT2D eigenvalue weighted by Gasteiger charge is 2.01. The van der Waals surface area contributed by atoms with Crippen LogP contribution in [-0.4, -0.2) is 0 Å². The minimum atomic E-state index is 0.421. The molecule has 0 spiro atoms. The van der Waals surface area contributed by atoms with E-state index >= 15 is 0 Å². The summed E-state index contributed by atoms with van der Waals surface area (Å²) in [6, 6.07) is 11.0. The van der Waals surface area contributed by atoms with Crippen LogP contribution in [0.5, 0.6) is 0 Å². The summed E-state index contributed by atoms with van der Waals surface area (Å²) in [6.45, 7) is 5.45. The summed E-state index contributed by atoms with van der Waals surface area (Å²) >= 11 is 5.75. The summed E-state index contributed by atoms with van der Waals surface area (Å²) in [7, 11) is 0. The fraction of sp³-hybridized carbons (Fsp3) is 0. The maximum absolute atomic E-state index is 5.75. The summed E-state index contributed by atoms with van der Waals surface area (Å²) in [6.07, 6.45) is 0. The van der Waals surface area contributed by atoms with Crippen LogP contribution in [0.2, 0.25) is 5.02 Å². The standard InChI is InChI=1S/C11H7ClO/c1-8-2-7-11(13-8)9-3-5-10(12)6-4-9/h1-7H. The Kier molecular flexibility index (Phi) is 2.11. The normalized spacial score (nSPS) is 10.3. The fourth-order valence-electron chi connectivity index (χ4n) is 1.12. The van der Waals surface area contributed by atoms with Crippen molar-refractivity contribution in [3.05, 3.63) is 54.1 Å². The summed E-state index contributed by atoms with van der Waals surface area (Å²) in [5, 5.41) is 0.711. The zero-order valence-corrected chi connectivity index (χ0v) is 7.58. The van der Waals surface area contributed by atoms with Crippen molar-refractivity contribution in [2.75, 3.05) is 0 Å². The number of rotatable bonds is 1. The van der Waals surface area contributed by atoms with Crippen molar-refractivity contribution in [3.63, 3.8) is 0 Å². The second kappa shape index (κ2) is 3.27. The molecule has 1 aromatic carbocycles. The predicted molar refractivity (Wildman–Crippen MR) is 52.6 cm³/mol. The Morgan fingerprint density at radius 2 is 1.69 bits per heavy atom. The average molecular weight is 191 g/mol. The zero-order valence-electron chi connectivity index (χ0n) is 6.83. The zero-order chi connectivity index (χ0) is 9.26. The van der Waals surface area contributed by atoms with E-state index in [0.717, 1.165) is 11.3 Å². The number of furan rings is 1. The number of hydrogen-bond acceptors (Lipinski definition) is 1. The number of halogens is 1. The summed E-state index contributed by atoms with van der Waals surface area (Å²) in [5.74, 6) is 1.18. The van der Waals surface area contributed by atoms with Crippen molar-refractivity contribution < 1.29 is 4.42 Å². The smallest absolute Gasteiger partial charge is 0.134 e. The number of hydrogen-bond donors (Lipinski definition) is 0. The highest BCUT2D eigenvalue weighted by atomic mass is 35.5. The first-order chi connectivity index (χ1) is 6.25. The fourth-order valence-corrected chi connectivity index (χ4v) is 1.25. The van der Waals surface area contributed by atoms with Crippen LogP contribution < -0.4 is 0 Å². The molecule has 0 fully saturated rings. The topological polar surface area (TPSA) is 13.1 Å². The lowest BCUT2D eigenvalue weighted by atomic mass is 10.2. The van der Waals surface area contributed by atoms with Crippen molar-refractivity contribution in [1.82, 2.24) is 0 Å². The molecule has 0 aliphatic heterocycles. The molecule has 0 N–H and O–H groups in total. The molecule has 2 rings (SSSR count). The van der Waals surface area contributed by atoms with Crippen molar-refractivity contribution in [3.8, 4) is 11.3 Å². The first-order valence-corrected chi connectivity index (χ1v) is 4.25. The molecule has 1 aromatic heterocycles. The largest absolute Gasteiger partial charge is 0.461 e. The predicted octanol–water partition coefficient (Wildman–Crippen LogP) is 3.66. The molecule has 0 saturated carbocycles. The third-order valence-corrected chi connectivity index (χ3v) is 2.01. The van der Waals surface area contributed by atoms with Gasteiger partial charge in [-0.2, -0.15) is 0 Å². The quantitative estimate of drug-likeness (QED) is 0.669. The Bertz CT molecular complexity index is 400. The second-order valence-electron chi connectivity index (χ2n) is 2.71. The minimum Gasteiger partial charge on any atom is -0.461 e. The molecule has 0 bridgehead atoms. The Balaban J connectivity index is 2.41. The van der Waals surface area contributed by atoms with Crippen molar-refractivity contribution in [2.45, 2.75) is 0 Å². The van der Waals surface area contributed by atoms with Crippen LogP contribution >= 0.6 is 11.6 Å². The Morgan fingerprint density at radius 1 is 1.00 bits per heavy atom. The molecule has 2 heteroatoms. The van der Waals surface area contributed by atoms with Crippen LogP contribution in [0.15, 0.2) is 40.8 Å². The van der Waals surface area contributed by atoms with E-state index in [4.69, 9.17) is 22.9 Å². The van der Waals surface area contributed by atoms with Gasteiger partial charge >= 0.3 is 0 Å². The Hall–Kier alpha value is -1.21. The molecule has 0 aliphatic rings. The van der Waals surface area contributed by atoms with E-state index in [9.17, 15) is 0 Å². The number of benzene rings is 1. The molecule has 1 heterocycles. The third kappa shape index (κ3) is 1.76.